The molecule has 0 saturated carbocycles. The number of carbonyl (C=O) groups excluding carboxylic acids is 1. The van der Waals surface area contributed by atoms with Crippen LogP contribution in [0, 0.1) is 6.92 Å². The van der Waals surface area contributed by atoms with Gasteiger partial charge in [0.15, 0.2) is 0 Å². The molecule has 0 saturated heterocycles. The number of nitrogens with zero attached hydrogens (tertiary/aromatic N) is 1. The highest BCUT2D eigenvalue weighted by Crippen LogP contribution is 2.35. The average Bonchev–Trinajstić information content (AvgIpc) is 2.89. The molecular weight excluding hydrogens is 280 g/mol. The van der Waals surface area contributed by atoms with Gasteiger partial charge in [-0.3, -0.25) is 0 Å². The number of aromatic nitrogens is 1. The van der Waals surface area contributed by atoms with Crippen molar-refractivity contribution >= 4 is 6.09 Å². The van der Waals surface area contributed by atoms with E-state index in [-0.39, 0.29) is 0 Å². The van der Waals surface area contributed by atoms with Crippen LogP contribution in [0.25, 0.3) is 22.4 Å². The Bertz CT molecular complexity index is 810. The summed E-state index contributed by atoms with van der Waals surface area (Å²) in [6.07, 6.45) is -0.845. The summed E-state index contributed by atoms with van der Waals surface area (Å²) >= 11 is 0. The highest BCUT2D eigenvalue weighted by Gasteiger charge is 2.17. The topological polar surface area (TPSA) is 78.3 Å². The van der Waals surface area contributed by atoms with E-state index in [1.54, 1.807) is 18.2 Å². The Labute approximate surface area is 127 Å². The Hall–Kier alpha value is -3.08. The van der Waals surface area contributed by atoms with Crippen molar-refractivity contribution < 1.29 is 14.1 Å². The Morgan fingerprint density at radius 2 is 1.82 bits per heavy atom. The first-order chi connectivity index (χ1) is 10.6. The van der Waals surface area contributed by atoms with Gasteiger partial charge in [-0.05, 0) is 24.6 Å². The Morgan fingerprint density at radius 1 is 1.09 bits per heavy atom. The summed E-state index contributed by atoms with van der Waals surface area (Å²) in [6.45, 7) is 1.84. The van der Waals surface area contributed by atoms with E-state index in [0.717, 1.165) is 22.4 Å². The fourth-order valence-corrected chi connectivity index (χ4v) is 2.34. The maximum Gasteiger partial charge on any atom is 0.409 e. The molecule has 3 rings (SSSR count). The van der Waals surface area contributed by atoms with Crippen molar-refractivity contribution in [3.63, 3.8) is 0 Å². The van der Waals surface area contributed by atoms with Gasteiger partial charge in [0.25, 0.3) is 0 Å². The fourth-order valence-electron chi connectivity index (χ4n) is 2.34. The monoisotopic (exact) mass is 294 g/mol. The molecule has 0 fully saturated rings. The number of primary amides is 1. The van der Waals surface area contributed by atoms with Crippen LogP contribution < -0.4 is 10.5 Å². The molecule has 3 aromatic rings. The van der Waals surface area contributed by atoms with Gasteiger partial charge in [-0.2, -0.15) is 0 Å². The minimum absolute atomic E-state index is 0.379. The molecule has 5 heteroatoms. The summed E-state index contributed by atoms with van der Waals surface area (Å²) in [5, 5.41) is 4.15. The van der Waals surface area contributed by atoms with Crippen molar-refractivity contribution in [2.75, 3.05) is 0 Å². The summed E-state index contributed by atoms with van der Waals surface area (Å²) in [5.74, 6) is 1.07. The number of ether oxygens (including phenoxy) is 1. The molecule has 0 aliphatic carbocycles. The first-order valence-electron chi connectivity index (χ1n) is 6.74. The predicted octanol–water partition coefficient (Wildman–Crippen LogP) is 3.77. The van der Waals surface area contributed by atoms with Gasteiger partial charge in [-0.25, -0.2) is 4.79 Å². The second-order valence-corrected chi connectivity index (χ2v) is 4.78. The van der Waals surface area contributed by atoms with Crippen LogP contribution in [0.5, 0.6) is 5.75 Å². The van der Waals surface area contributed by atoms with Gasteiger partial charge in [0.05, 0.1) is 5.56 Å². The minimum Gasteiger partial charge on any atom is -0.410 e. The number of amides is 1. The summed E-state index contributed by atoms with van der Waals surface area (Å²) in [4.78, 5) is 10.9. The van der Waals surface area contributed by atoms with Crippen molar-refractivity contribution in [2.45, 2.75) is 6.92 Å². The highest BCUT2D eigenvalue weighted by molar-refractivity contribution is 5.82. The number of hydrogen-bond acceptors (Lipinski definition) is 4. The normalized spacial score (nSPS) is 10.4. The van der Waals surface area contributed by atoms with Gasteiger partial charge in [0.2, 0.25) is 0 Å². The Balaban J connectivity index is 2.09. The van der Waals surface area contributed by atoms with Crippen LogP contribution in [0.3, 0.4) is 0 Å². The molecule has 0 aliphatic heterocycles. The number of carbonyl (C=O) groups is 1. The molecule has 110 valence electrons. The molecule has 1 aromatic heterocycles. The van der Waals surface area contributed by atoms with Crippen LogP contribution in [0.15, 0.2) is 59.1 Å². The van der Waals surface area contributed by atoms with Crippen LogP contribution >= 0.6 is 0 Å². The molecule has 1 heterocycles. The molecule has 2 N–H and O–H groups in total. The third-order valence-electron chi connectivity index (χ3n) is 3.25. The minimum atomic E-state index is -0.845. The zero-order chi connectivity index (χ0) is 15.5. The molecular formula is C17H14N2O3. The van der Waals surface area contributed by atoms with E-state index in [4.69, 9.17) is 15.0 Å². The molecule has 0 radical (unpaired) electrons. The first kappa shape index (κ1) is 13.9. The third-order valence-corrected chi connectivity index (χ3v) is 3.25. The molecule has 1 amide bonds. The van der Waals surface area contributed by atoms with Crippen molar-refractivity contribution in [3.8, 4) is 28.1 Å². The van der Waals surface area contributed by atoms with E-state index in [0.29, 0.717) is 11.5 Å². The summed E-state index contributed by atoms with van der Waals surface area (Å²) in [5.41, 5.74) is 8.46. The van der Waals surface area contributed by atoms with E-state index in [1.165, 1.54) is 0 Å². The first-order valence-corrected chi connectivity index (χ1v) is 6.74. The summed E-state index contributed by atoms with van der Waals surface area (Å²) in [7, 11) is 0. The van der Waals surface area contributed by atoms with E-state index < -0.39 is 6.09 Å². The predicted molar refractivity (Wildman–Crippen MR) is 82.3 cm³/mol. The SMILES string of the molecule is Cc1onc(-c2ccccc2)c1-c1cccc(OC(N)=O)c1. The smallest absolute Gasteiger partial charge is 0.409 e. The lowest BCUT2D eigenvalue weighted by molar-refractivity contribution is 0.211. The van der Waals surface area contributed by atoms with Gasteiger partial charge < -0.3 is 15.0 Å². The van der Waals surface area contributed by atoms with Gasteiger partial charge >= 0.3 is 6.09 Å². The molecule has 0 spiro atoms. The third kappa shape index (κ3) is 2.69. The molecule has 0 bridgehead atoms. The van der Waals surface area contributed by atoms with E-state index >= 15 is 0 Å². The summed E-state index contributed by atoms with van der Waals surface area (Å²) in [6, 6.07) is 16.8. The number of benzene rings is 2. The maximum absolute atomic E-state index is 10.9. The maximum atomic E-state index is 10.9. The largest absolute Gasteiger partial charge is 0.410 e. The van der Waals surface area contributed by atoms with Crippen LogP contribution in [0.1, 0.15) is 5.76 Å². The molecule has 22 heavy (non-hydrogen) atoms. The molecule has 2 aromatic carbocycles. The Kier molecular flexibility index (Phi) is 3.62. The van der Waals surface area contributed by atoms with E-state index in [2.05, 4.69) is 5.16 Å². The standard InChI is InChI=1S/C17H14N2O3/c1-11-15(13-8-5-9-14(10-13)21-17(18)20)16(19-22-11)12-6-3-2-4-7-12/h2-10H,1H3,(H2,18,20). The van der Waals surface area contributed by atoms with Gasteiger partial charge in [-0.15, -0.1) is 0 Å². The van der Waals surface area contributed by atoms with Gasteiger partial charge in [-0.1, -0.05) is 47.6 Å². The quantitative estimate of drug-likeness (QED) is 0.797. The summed E-state index contributed by atoms with van der Waals surface area (Å²) < 4.78 is 10.3. The molecule has 0 atom stereocenters. The lowest BCUT2D eigenvalue weighted by Crippen LogP contribution is -2.16. The molecule has 0 unspecified atom stereocenters. The molecule has 0 aliphatic rings. The van der Waals surface area contributed by atoms with Crippen molar-refractivity contribution in [3.05, 3.63) is 60.4 Å². The average molecular weight is 294 g/mol. The number of rotatable bonds is 3. The van der Waals surface area contributed by atoms with E-state index in [1.807, 2.05) is 43.3 Å². The lowest BCUT2D eigenvalue weighted by atomic mass is 9.99. The van der Waals surface area contributed by atoms with Crippen LogP contribution in [-0.4, -0.2) is 11.2 Å². The lowest BCUT2D eigenvalue weighted by Gasteiger charge is -2.06. The van der Waals surface area contributed by atoms with Crippen molar-refractivity contribution in [1.29, 1.82) is 0 Å². The molecule has 5 nitrogen and oxygen atoms in total. The second kappa shape index (κ2) is 5.73. The van der Waals surface area contributed by atoms with Crippen LogP contribution in [-0.2, 0) is 0 Å². The zero-order valence-corrected chi connectivity index (χ0v) is 11.9. The number of nitrogens with two attached hydrogens (primary N) is 1. The highest BCUT2D eigenvalue weighted by atomic mass is 16.5. The number of hydrogen-bond donors (Lipinski definition) is 1. The van der Waals surface area contributed by atoms with Crippen molar-refractivity contribution in [1.82, 2.24) is 5.16 Å². The Morgan fingerprint density at radius 3 is 2.55 bits per heavy atom. The van der Waals surface area contributed by atoms with Gasteiger partial charge in [0, 0.05) is 5.56 Å². The number of aryl methyl sites for hydroxylation is 1. The second-order valence-electron chi connectivity index (χ2n) is 4.78. The zero-order valence-electron chi connectivity index (χ0n) is 11.9. The van der Waals surface area contributed by atoms with Crippen LogP contribution in [0.2, 0.25) is 0 Å². The van der Waals surface area contributed by atoms with Gasteiger partial charge in [0.1, 0.15) is 17.2 Å². The van der Waals surface area contributed by atoms with E-state index in [9.17, 15) is 4.79 Å². The van der Waals surface area contributed by atoms with Crippen LogP contribution in [0.4, 0.5) is 4.79 Å². The fraction of sp³-hybridized carbons (Fsp3) is 0.0588. The van der Waals surface area contributed by atoms with Crippen molar-refractivity contribution in [2.24, 2.45) is 5.73 Å².